The molecule has 4 aliphatic rings. The summed E-state index contributed by atoms with van der Waals surface area (Å²) in [5.41, 5.74) is 3.15. The number of nitriles is 1. The molecule has 9 heteroatoms. The van der Waals surface area contributed by atoms with Gasteiger partial charge in [0.25, 0.3) is 5.91 Å². The number of benzene rings is 2. The van der Waals surface area contributed by atoms with Crippen LogP contribution in [0.25, 0.3) is 0 Å². The van der Waals surface area contributed by atoms with Gasteiger partial charge >= 0.3 is 0 Å². The fourth-order valence-corrected chi connectivity index (χ4v) is 6.56. The van der Waals surface area contributed by atoms with Crippen molar-refractivity contribution in [3.8, 4) is 11.8 Å². The number of carbonyl (C=O) groups excluding carboxylic acids is 3. The number of carbonyl (C=O) groups is 3. The molecule has 1 N–H and O–H groups in total. The summed E-state index contributed by atoms with van der Waals surface area (Å²) < 4.78 is 6.54. The summed E-state index contributed by atoms with van der Waals surface area (Å²) >= 11 is 6.08. The van der Waals surface area contributed by atoms with Gasteiger partial charge in [0, 0.05) is 48.6 Å². The minimum Gasteiger partial charge on any atom is -0.489 e. The molecule has 1 unspecified atom stereocenters. The fraction of sp³-hybridized carbons (Fsp3) is 0.448. The molecule has 196 valence electrons. The van der Waals surface area contributed by atoms with Crippen LogP contribution in [0.3, 0.4) is 0 Å². The highest BCUT2D eigenvalue weighted by molar-refractivity contribution is 6.30. The van der Waals surface area contributed by atoms with Gasteiger partial charge in [-0.05, 0) is 67.1 Å². The van der Waals surface area contributed by atoms with Gasteiger partial charge in [0.2, 0.25) is 11.8 Å². The lowest BCUT2D eigenvalue weighted by Gasteiger charge is -2.48. The molecular weight excluding hydrogens is 504 g/mol. The number of nitrogens with one attached hydrogen (secondary N) is 1. The number of piperidine rings is 1. The number of imide groups is 1. The Morgan fingerprint density at radius 1 is 1.03 bits per heavy atom. The predicted molar refractivity (Wildman–Crippen MR) is 140 cm³/mol. The van der Waals surface area contributed by atoms with E-state index in [1.807, 2.05) is 24.3 Å². The molecule has 38 heavy (non-hydrogen) atoms. The van der Waals surface area contributed by atoms with Crippen molar-refractivity contribution >= 4 is 29.3 Å². The molecule has 3 amide bonds. The van der Waals surface area contributed by atoms with E-state index in [-0.39, 0.29) is 24.3 Å². The average molecular weight is 533 g/mol. The number of ether oxygens (including phenoxy) is 1. The summed E-state index contributed by atoms with van der Waals surface area (Å²) in [6.07, 6.45) is 4.94. The van der Waals surface area contributed by atoms with Crippen LogP contribution in [0.4, 0.5) is 0 Å². The van der Waals surface area contributed by atoms with Crippen molar-refractivity contribution in [2.24, 2.45) is 0 Å². The van der Waals surface area contributed by atoms with E-state index in [1.165, 1.54) is 0 Å². The number of fused-ring (bicyclic) bond motifs is 1. The lowest BCUT2D eigenvalue weighted by atomic mass is 9.83. The van der Waals surface area contributed by atoms with Crippen LogP contribution in [0, 0.1) is 11.3 Å². The highest BCUT2D eigenvalue weighted by Gasteiger charge is 2.41. The van der Waals surface area contributed by atoms with Crippen molar-refractivity contribution < 1.29 is 19.1 Å². The summed E-state index contributed by atoms with van der Waals surface area (Å²) in [4.78, 5) is 40.9. The number of nitrogens with zero attached hydrogens (tertiary/aromatic N) is 3. The van der Waals surface area contributed by atoms with Gasteiger partial charge in [0.05, 0.1) is 11.6 Å². The van der Waals surface area contributed by atoms with Gasteiger partial charge in [-0.3, -0.25) is 24.6 Å². The Morgan fingerprint density at radius 2 is 1.84 bits per heavy atom. The number of rotatable bonds is 5. The zero-order chi connectivity index (χ0) is 26.4. The molecule has 3 fully saturated rings. The lowest BCUT2D eigenvalue weighted by Crippen LogP contribution is -2.57. The van der Waals surface area contributed by atoms with Crippen LogP contribution in [0.1, 0.15) is 71.5 Å². The van der Waals surface area contributed by atoms with Crippen molar-refractivity contribution in [3.63, 3.8) is 0 Å². The van der Waals surface area contributed by atoms with E-state index in [2.05, 4.69) is 16.3 Å². The van der Waals surface area contributed by atoms with Gasteiger partial charge < -0.3 is 9.64 Å². The first-order valence-corrected chi connectivity index (χ1v) is 13.7. The van der Waals surface area contributed by atoms with Gasteiger partial charge in [-0.2, -0.15) is 5.26 Å². The molecule has 1 aliphatic carbocycles. The van der Waals surface area contributed by atoms with E-state index in [4.69, 9.17) is 16.3 Å². The fourth-order valence-electron chi connectivity index (χ4n) is 6.39. The molecule has 0 spiro atoms. The van der Waals surface area contributed by atoms with Gasteiger partial charge in [-0.1, -0.05) is 24.1 Å². The molecule has 3 aliphatic heterocycles. The molecule has 0 bridgehead atoms. The first-order valence-electron chi connectivity index (χ1n) is 13.3. The summed E-state index contributed by atoms with van der Waals surface area (Å²) in [5, 5.41) is 12.5. The molecule has 8 nitrogen and oxygen atoms in total. The van der Waals surface area contributed by atoms with Crippen molar-refractivity contribution in [1.82, 2.24) is 15.1 Å². The number of halogens is 1. The second-order valence-corrected chi connectivity index (χ2v) is 11.2. The van der Waals surface area contributed by atoms with Crippen LogP contribution < -0.4 is 10.1 Å². The van der Waals surface area contributed by atoms with Gasteiger partial charge in [-0.15, -0.1) is 0 Å². The highest BCUT2D eigenvalue weighted by atomic mass is 35.5. The molecule has 2 aromatic carbocycles. The maximum Gasteiger partial charge on any atom is 0.255 e. The summed E-state index contributed by atoms with van der Waals surface area (Å²) in [6, 6.07) is 13.1. The van der Waals surface area contributed by atoms with Crippen molar-refractivity contribution in [2.75, 3.05) is 13.1 Å². The molecule has 1 saturated carbocycles. The van der Waals surface area contributed by atoms with E-state index in [9.17, 15) is 19.6 Å². The first-order chi connectivity index (χ1) is 18.4. The Kier molecular flexibility index (Phi) is 6.58. The van der Waals surface area contributed by atoms with Crippen LogP contribution in [0.2, 0.25) is 5.02 Å². The molecule has 2 saturated heterocycles. The standard InChI is InChI=1S/C29H29ClN4O4/c30-20-5-7-22(17(11-20)13-31)19-14-33(15-19)24-3-1-2-4-26(24)38-21-6-8-23-18(12-21)16-34(29(23)37)25-9-10-27(35)32-28(25)36/h5-8,11-12,19,24-26H,1-4,9-10,14-16H2,(H,32,35,36)/t24-,25?,26+/m0/s1. The highest BCUT2D eigenvalue weighted by Crippen LogP contribution is 2.38. The van der Waals surface area contributed by atoms with Gasteiger partial charge in [0.15, 0.2) is 0 Å². The minimum absolute atomic E-state index is 0.0479. The van der Waals surface area contributed by atoms with Crippen LogP contribution in [-0.2, 0) is 16.1 Å². The second kappa shape index (κ2) is 10.0. The maximum absolute atomic E-state index is 13.0. The molecule has 3 heterocycles. The molecule has 0 aromatic heterocycles. The zero-order valence-corrected chi connectivity index (χ0v) is 21.7. The SMILES string of the molecule is N#Cc1cc(Cl)ccc1C1CN([C@H]2CCCC[C@H]2Oc2ccc3c(c2)CN(C2CCC(=O)NC2=O)C3=O)C1. The van der Waals surface area contributed by atoms with Crippen molar-refractivity contribution in [3.05, 3.63) is 63.7 Å². The largest absolute Gasteiger partial charge is 0.489 e. The van der Waals surface area contributed by atoms with Crippen LogP contribution in [0.5, 0.6) is 5.75 Å². The third kappa shape index (κ3) is 4.55. The van der Waals surface area contributed by atoms with Crippen LogP contribution in [-0.4, -0.2) is 58.8 Å². The molecule has 6 rings (SSSR count). The Bertz CT molecular complexity index is 1350. The Morgan fingerprint density at radius 3 is 2.63 bits per heavy atom. The normalized spacial score (nSPS) is 25.9. The van der Waals surface area contributed by atoms with E-state index < -0.39 is 11.9 Å². The van der Waals surface area contributed by atoms with Crippen molar-refractivity contribution in [1.29, 1.82) is 5.26 Å². The minimum atomic E-state index is -0.624. The number of likely N-dealkylation sites (tertiary alicyclic amines) is 1. The molecule has 3 atom stereocenters. The maximum atomic E-state index is 13.0. The topological polar surface area (TPSA) is 103 Å². The molecule has 2 aromatic rings. The number of hydrogen-bond donors (Lipinski definition) is 1. The first kappa shape index (κ1) is 24.9. The zero-order valence-electron chi connectivity index (χ0n) is 21.0. The summed E-state index contributed by atoms with van der Waals surface area (Å²) in [7, 11) is 0. The second-order valence-electron chi connectivity index (χ2n) is 10.7. The van der Waals surface area contributed by atoms with Crippen LogP contribution in [0.15, 0.2) is 36.4 Å². The summed E-state index contributed by atoms with van der Waals surface area (Å²) in [6.45, 7) is 2.11. The number of amides is 3. The Hall–Kier alpha value is -3.41. The molecular formula is C29H29ClN4O4. The third-order valence-corrected chi connectivity index (χ3v) is 8.64. The Balaban J connectivity index is 1.12. The monoisotopic (exact) mass is 532 g/mol. The smallest absolute Gasteiger partial charge is 0.255 e. The van der Waals surface area contributed by atoms with Gasteiger partial charge in [0.1, 0.15) is 17.9 Å². The quantitative estimate of drug-likeness (QED) is 0.588. The van der Waals surface area contributed by atoms with E-state index in [0.717, 1.165) is 55.6 Å². The van der Waals surface area contributed by atoms with E-state index >= 15 is 0 Å². The van der Waals surface area contributed by atoms with Crippen molar-refractivity contribution in [2.45, 2.75) is 69.2 Å². The summed E-state index contributed by atoms with van der Waals surface area (Å²) in [5.74, 6) is 0.175. The molecule has 0 radical (unpaired) electrons. The predicted octanol–water partition coefficient (Wildman–Crippen LogP) is 3.76. The average Bonchev–Trinajstić information content (AvgIpc) is 3.20. The van der Waals surface area contributed by atoms with E-state index in [1.54, 1.807) is 17.0 Å². The number of hydrogen-bond acceptors (Lipinski definition) is 6. The van der Waals surface area contributed by atoms with Crippen LogP contribution >= 0.6 is 11.6 Å². The lowest BCUT2D eigenvalue weighted by molar-refractivity contribution is -0.136. The Labute approximate surface area is 226 Å². The van der Waals surface area contributed by atoms with E-state index in [0.29, 0.717) is 41.1 Å². The van der Waals surface area contributed by atoms with Gasteiger partial charge in [-0.25, -0.2) is 0 Å². The third-order valence-electron chi connectivity index (χ3n) is 8.40.